The van der Waals surface area contributed by atoms with Gasteiger partial charge in [-0.2, -0.15) is 9.61 Å². The molecule has 0 amide bonds. The summed E-state index contributed by atoms with van der Waals surface area (Å²) in [7, 11) is 0. The number of ether oxygens (including phenoxy) is 1. The van der Waals surface area contributed by atoms with Gasteiger partial charge in [0.15, 0.2) is 0 Å². The molecule has 108 valence electrons. The van der Waals surface area contributed by atoms with Gasteiger partial charge in [-0.25, -0.2) is 0 Å². The van der Waals surface area contributed by atoms with Gasteiger partial charge in [0.1, 0.15) is 16.7 Å². The number of rotatable bonds is 3. The fourth-order valence-electron chi connectivity index (χ4n) is 2.86. The third-order valence-corrected chi connectivity index (χ3v) is 5.04. The average Bonchev–Trinajstić information content (AvgIpc) is 2.93. The summed E-state index contributed by atoms with van der Waals surface area (Å²) in [5.74, 6) is -0.133. The van der Waals surface area contributed by atoms with E-state index in [1.54, 1.807) is 10.8 Å². The Morgan fingerprint density at radius 2 is 2.15 bits per heavy atom. The van der Waals surface area contributed by atoms with Gasteiger partial charge in [-0.05, 0) is 19.8 Å². The van der Waals surface area contributed by atoms with Gasteiger partial charge in [-0.15, -0.1) is 10.2 Å². The van der Waals surface area contributed by atoms with Crippen LogP contribution in [0.1, 0.15) is 50.5 Å². The fraction of sp³-hybridized carbons (Fsp3) is 0.692. The molecule has 3 rings (SSSR count). The highest BCUT2D eigenvalue weighted by Crippen LogP contribution is 2.41. The molecule has 1 aliphatic rings. The molecule has 1 saturated carbocycles. The van der Waals surface area contributed by atoms with Crippen LogP contribution in [0.25, 0.3) is 4.96 Å². The quantitative estimate of drug-likeness (QED) is 0.642. The second kappa shape index (κ2) is 5.47. The Kier molecular flexibility index (Phi) is 3.69. The van der Waals surface area contributed by atoms with E-state index in [1.165, 1.54) is 24.2 Å². The first-order chi connectivity index (χ1) is 9.76. The van der Waals surface area contributed by atoms with E-state index in [-0.39, 0.29) is 5.97 Å². The third kappa shape index (κ3) is 2.19. The summed E-state index contributed by atoms with van der Waals surface area (Å²) >= 11 is 1.45. The lowest BCUT2D eigenvalue weighted by Crippen LogP contribution is -2.37. The summed E-state index contributed by atoms with van der Waals surface area (Å²) in [5.41, 5.74) is -0.585. The smallest absolute Gasteiger partial charge is 0.319 e. The van der Waals surface area contributed by atoms with Crippen LogP contribution in [-0.2, 0) is 14.9 Å². The summed E-state index contributed by atoms with van der Waals surface area (Å²) in [6, 6.07) is 0. The normalized spacial score (nSPS) is 18.9. The Morgan fingerprint density at radius 1 is 1.40 bits per heavy atom. The summed E-state index contributed by atoms with van der Waals surface area (Å²) in [4.78, 5) is 13.3. The Morgan fingerprint density at radius 3 is 2.80 bits per heavy atom. The van der Waals surface area contributed by atoms with Crippen molar-refractivity contribution in [3.05, 3.63) is 11.3 Å². The van der Waals surface area contributed by atoms with Crippen LogP contribution in [0, 0.1) is 0 Å². The van der Waals surface area contributed by atoms with Crippen molar-refractivity contribution in [2.45, 2.75) is 50.9 Å². The Hall–Kier alpha value is -1.50. The number of aromatic nitrogens is 4. The number of carbonyl (C=O) groups excluding carboxylic acids is 1. The van der Waals surface area contributed by atoms with Crippen LogP contribution in [-0.4, -0.2) is 32.4 Å². The first kappa shape index (κ1) is 13.5. The molecule has 0 aromatic carbocycles. The molecule has 2 heterocycles. The van der Waals surface area contributed by atoms with Crippen LogP contribution in [0.3, 0.4) is 0 Å². The molecule has 20 heavy (non-hydrogen) atoms. The van der Waals surface area contributed by atoms with Crippen LogP contribution >= 0.6 is 11.3 Å². The van der Waals surface area contributed by atoms with Gasteiger partial charge in [0.2, 0.25) is 4.96 Å². The predicted molar refractivity (Wildman–Crippen MR) is 74.7 cm³/mol. The van der Waals surface area contributed by atoms with E-state index in [0.29, 0.717) is 6.61 Å². The Balaban J connectivity index is 2.03. The Labute approximate surface area is 121 Å². The molecule has 0 saturated heterocycles. The van der Waals surface area contributed by atoms with Crippen molar-refractivity contribution in [2.75, 3.05) is 6.61 Å². The van der Waals surface area contributed by atoms with E-state index < -0.39 is 5.41 Å². The average molecular weight is 294 g/mol. The number of hydrogen-bond donors (Lipinski definition) is 0. The molecule has 6 nitrogen and oxygen atoms in total. The molecule has 0 aliphatic heterocycles. The first-order valence-corrected chi connectivity index (χ1v) is 7.92. The van der Waals surface area contributed by atoms with Crippen LogP contribution in [0.4, 0.5) is 0 Å². The zero-order valence-electron chi connectivity index (χ0n) is 11.5. The number of hydrogen-bond acceptors (Lipinski definition) is 6. The molecule has 0 N–H and O–H groups in total. The monoisotopic (exact) mass is 294 g/mol. The van der Waals surface area contributed by atoms with Crippen molar-refractivity contribution in [1.82, 2.24) is 19.8 Å². The van der Waals surface area contributed by atoms with Crippen molar-refractivity contribution in [2.24, 2.45) is 0 Å². The summed E-state index contributed by atoms with van der Waals surface area (Å²) in [6.07, 6.45) is 7.63. The van der Waals surface area contributed by atoms with Gasteiger partial charge in [-0.3, -0.25) is 4.79 Å². The SMILES string of the molecule is CCOC(=O)C1(c2nn3cnnc3s2)CCCCCC1. The molecule has 2 aromatic heterocycles. The summed E-state index contributed by atoms with van der Waals surface area (Å²) < 4.78 is 6.99. The van der Waals surface area contributed by atoms with E-state index in [2.05, 4.69) is 15.3 Å². The fourth-order valence-corrected chi connectivity index (χ4v) is 3.91. The second-order valence-electron chi connectivity index (χ2n) is 5.18. The van der Waals surface area contributed by atoms with Crippen molar-refractivity contribution >= 4 is 22.3 Å². The van der Waals surface area contributed by atoms with E-state index in [4.69, 9.17) is 4.74 Å². The zero-order chi connectivity index (χ0) is 14.0. The van der Waals surface area contributed by atoms with Crippen LogP contribution in [0.2, 0.25) is 0 Å². The lowest BCUT2D eigenvalue weighted by atomic mass is 9.81. The van der Waals surface area contributed by atoms with E-state index in [1.807, 2.05) is 6.92 Å². The van der Waals surface area contributed by atoms with Crippen LogP contribution in [0.5, 0.6) is 0 Å². The van der Waals surface area contributed by atoms with Gasteiger partial charge in [-0.1, -0.05) is 37.0 Å². The van der Waals surface area contributed by atoms with Crippen molar-refractivity contribution in [3.63, 3.8) is 0 Å². The predicted octanol–water partition coefficient (Wildman–Crippen LogP) is 2.34. The topological polar surface area (TPSA) is 69.4 Å². The van der Waals surface area contributed by atoms with Crippen LogP contribution < -0.4 is 0 Å². The third-order valence-electron chi connectivity index (χ3n) is 3.92. The maximum absolute atomic E-state index is 12.6. The van der Waals surface area contributed by atoms with E-state index >= 15 is 0 Å². The maximum atomic E-state index is 12.6. The van der Waals surface area contributed by atoms with Gasteiger partial charge in [0.05, 0.1) is 6.61 Å². The summed E-state index contributed by atoms with van der Waals surface area (Å²) in [5, 5.41) is 13.2. The van der Waals surface area contributed by atoms with Crippen molar-refractivity contribution in [1.29, 1.82) is 0 Å². The van der Waals surface area contributed by atoms with Gasteiger partial charge < -0.3 is 4.74 Å². The van der Waals surface area contributed by atoms with E-state index in [0.717, 1.165) is 35.7 Å². The largest absolute Gasteiger partial charge is 0.465 e. The van der Waals surface area contributed by atoms with Crippen LogP contribution in [0.15, 0.2) is 6.33 Å². The van der Waals surface area contributed by atoms with Crippen molar-refractivity contribution in [3.8, 4) is 0 Å². The van der Waals surface area contributed by atoms with Gasteiger partial charge >= 0.3 is 5.97 Å². The first-order valence-electron chi connectivity index (χ1n) is 7.11. The molecule has 1 aliphatic carbocycles. The van der Waals surface area contributed by atoms with E-state index in [9.17, 15) is 4.79 Å². The minimum Gasteiger partial charge on any atom is -0.465 e. The number of carbonyl (C=O) groups is 1. The molecule has 1 fully saturated rings. The number of nitrogens with zero attached hydrogens (tertiary/aromatic N) is 4. The second-order valence-corrected chi connectivity index (χ2v) is 6.14. The molecule has 0 unspecified atom stereocenters. The van der Waals surface area contributed by atoms with Crippen molar-refractivity contribution < 1.29 is 9.53 Å². The molecule has 7 heteroatoms. The number of fused-ring (bicyclic) bond motifs is 1. The Bertz CT molecular complexity index is 570. The minimum atomic E-state index is -0.585. The lowest BCUT2D eigenvalue weighted by molar-refractivity contribution is -0.151. The minimum absolute atomic E-state index is 0.133. The zero-order valence-corrected chi connectivity index (χ0v) is 12.4. The summed E-state index contributed by atoms with van der Waals surface area (Å²) in [6.45, 7) is 2.26. The maximum Gasteiger partial charge on any atom is 0.319 e. The molecule has 0 spiro atoms. The molecule has 2 aromatic rings. The molecular formula is C13H18N4O2S. The highest BCUT2D eigenvalue weighted by molar-refractivity contribution is 7.16. The highest BCUT2D eigenvalue weighted by Gasteiger charge is 2.45. The highest BCUT2D eigenvalue weighted by atomic mass is 32.1. The van der Waals surface area contributed by atoms with Gasteiger partial charge in [0, 0.05) is 0 Å². The number of esters is 1. The standard InChI is InChI=1S/C13H18N4O2S/c1-2-19-11(18)13(7-5-3-4-6-8-13)10-16-17-9-14-15-12(17)20-10/h9H,2-8H2,1H3. The van der Waals surface area contributed by atoms with Gasteiger partial charge in [0.25, 0.3) is 0 Å². The molecular weight excluding hydrogens is 276 g/mol. The lowest BCUT2D eigenvalue weighted by Gasteiger charge is -2.27. The molecule has 0 atom stereocenters. The molecule has 0 bridgehead atoms. The molecule has 0 radical (unpaired) electrons.